The van der Waals surface area contributed by atoms with Gasteiger partial charge in [0.15, 0.2) is 0 Å². The molecular weight excluding hydrogens is 412 g/mol. The maximum atomic E-state index is 12.8. The van der Waals surface area contributed by atoms with Crippen molar-refractivity contribution in [3.05, 3.63) is 74.9 Å². The van der Waals surface area contributed by atoms with Gasteiger partial charge < -0.3 is 20.1 Å². The average Bonchev–Trinajstić information content (AvgIpc) is 3.11. The lowest BCUT2D eigenvalue weighted by molar-refractivity contribution is -0.138. The Bertz CT molecular complexity index is 1500. The summed E-state index contributed by atoms with van der Waals surface area (Å²) in [4.78, 5) is 42.0. The molecule has 5 N–H and O–H groups in total. The number of H-pyrrole nitrogens is 3. The van der Waals surface area contributed by atoms with Gasteiger partial charge in [0.1, 0.15) is 6.04 Å². The number of aliphatic carboxylic acids is 1. The predicted octanol–water partition coefficient (Wildman–Crippen LogP) is 0.672. The molecule has 0 radical (unpaired) electrons. The first kappa shape index (κ1) is 19.6. The molecule has 0 saturated carbocycles. The Kier molecular flexibility index (Phi) is 4.76. The SMILES string of the molecule is O=C(O)[C@H](Cc1c[nH]c2ccccc12)NS(=O)(=O)c1ccc2[nH]c(=O)c(=O)[nH]c2c1. The van der Waals surface area contributed by atoms with Crippen molar-refractivity contribution < 1.29 is 18.3 Å². The molecule has 0 saturated heterocycles. The van der Waals surface area contributed by atoms with E-state index in [9.17, 15) is 27.9 Å². The maximum absolute atomic E-state index is 12.8. The van der Waals surface area contributed by atoms with E-state index in [1.807, 2.05) is 18.2 Å². The minimum absolute atomic E-state index is 0.0731. The first-order valence-electron chi connectivity index (χ1n) is 8.81. The molecule has 0 unspecified atom stereocenters. The summed E-state index contributed by atoms with van der Waals surface area (Å²) in [5.41, 5.74) is 0.0276. The molecule has 4 rings (SSSR count). The lowest BCUT2D eigenvalue weighted by Crippen LogP contribution is -2.42. The highest BCUT2D eigenvalue weighted by Crippen LogP contribution is 2.20. The summed E-state index contributed by atoms with van der Waals surface area (Å²) in [6.45, 7) is 0. The third kappa shape index (κ3) is 3.63. The van der Waals surface area contributed by atoms with Crippen LogP contribution in [0.4, 0.5) is 0 Å². The second kappa shape index (κ2) is 7.28. The van der Waals surface area contributed by atoms with Gasteiger partial charge >= 0.3 is 17.1 Å². The molecule has 2 aromatic heterocycles. The number of hydrogen-bond acceptors (Lipinski definition) is 5. The average molecular weight is 428 g/mol. The van der Waals surface area contributed by atoms with Crippen molar-refractivity contribution in [1.82, 2.24) is 19.7 Å². The summed E-state index contributed by atoms with van der Waals surface area (Å²) in [6.07, 6.45) is 1.57. The van der Waals surface area contributed by atoms with Crippen LogP contribution in [-0.4, -0.2) is 40.5 Å². The molecule has 4 aromatic rings. The first-order valence-corrected chi connectivity index (χ1v) is 10.3. The van der Waals surface area contributed by atoms with Gasteiger partial charge in [0.2, 0.25) is 10.0 Å². The number of benzene rings is 2. The van der Waals surface area contributed by atoms with Gasteiger partial charge in [-0.25, -0.2) is 8.42 Å². The van der Waals surface area contributed by atoms with E-state index in [2.05, 4.69) is 19.7 Å². The highest BCUT2D eigenvalue weighted by atomic mass is 32.2. The third-order valence-corrected chi connectivity index (χ3v) is 6.17. The first-order chi connectivity index (χ1) is 14.2. The number of carbonyl (C=O) groups is 1. The van der Waals surface area contributed by atoms with E-state index in [0.29, 0.717) is 5.56 Å². The van der Waals surface area contributed by atoms with Gasteiger partial charge in [-0.1, -0.05) is 18.2 Å². The van der Waals surface area contributed by atoms with Crippen LogP contribution < -0.4 is 15.8 Å². The lowest BCUT2D eigenvalue weighted by Gasteiger charge is -2.15. The minimum atomic E-state index is -4.23. The molecule has 0 amide bonds. The van der Waals surface area contributed by atoms with Crippen molar-refractivity contribution >= 4 is 37.9 Å². The second-order valence-electron chi connectivity index (χ2n) is 6.69. The van der Waals surface area contributed by atoms with E-state index in [0.717, 1.165) is 17.0 Å². The van der Waals surface area contributed by atoms with Gasteiger partial charge in [0, 0.05) is 23.5 Å². The number of carboxylic acids is 1. The fourth-order valence-electron chi connectivity index (χ4n) is 3.22. The van der Waals surface area contributed by atoms with E-state index in [1.165, 1.54) is 12.1 Å². The van der Waals surface area contributed by atoms with Crippen LogP contribution in [0.5, 0.6) is 0 Å². The molecule has 0 aliphatic heterocycles. The van der Waals surface area contributed by atoms with E-state index < -0.39 is 33.2 Å². The summed E-state index contributed by atoms with van der Waals surface area (Å²) >= 11 is 0. The number of sulfonamides is 1. The third-order valence-electron chi connectivity index (χ3n) is 4.70. The molecule has 0 spiro atoms. The van der Waals surface area contributed by atoms with Crippen molar-refractivity contribution in [1.29, 1.82) is 0 Å². The van der Waals surface area contributed by atoms with Crippen molar-refractivity contribution in [2.24, 2.45) is 0 Å². The number of fused-ring (bicyclic) bond motifs is 2. The van der Waals surface area contributed by atoms with Crippen LogP contribution in [0.15, 0.2) is 63.1 Å². The Balaban J connectivity index is 1.66. The van der Waals surface area contributed by atoms with Gasteiger partial charge in [0.25, 0.3) is 0 Å². The molecule has 2 aromatic carbocycles. The van der Waals surface area contributed by atoms with Crippen LogP contribution in [0.3, 0.4) is 0 Å². The van der Waals surface area contributed by atoms with Crippen molar-refractivity contribution in [3.63, 3.8) is 0 Å². The molecule has 154 valence electrons. The highest BCUT2D eigenvalue weighted by Gasteiger charge is 2.27. The second-order valence-corrected chi connectivity index (χ2v) is 8.41. The summed E-state index contributed by atoms with van der Waals surface area (Å²) < 4.78 is 27.8. The van der Waals surface area contributed by atoms with E-state index >= 15 is 0 Å². The summed E-state index contributed by atoms with van der Waals surface area (Å²) in [7, 11) is -4.23. The number of para-hydroxylation sites is 1. The Morgan fingerprint density at radius 3 is 2.43 bits per heavy atom. The normalized spacial score (nSPS) is 12.9. The molecular formula is C19H16N4O6S. The zero-order valence-electron chi connectivity index (χ0n) is 15.3. The highest BCUT2D eigenvalue weighted by molar-refractivity contribution is 7.89. The van der Waals surface area contributed by atoms with Crippen LogP contribution in [0.2, 0.25) is 0 Å². The van der Waals surface area contributed by atoms with Gasteiger partial charge in [0.05, 0.1) is 15.9 Å². The largest absolute Gasteiger partial charge is 0.480 e. The molecule has 0 bridgehead atoms. The number of nitrogens with one attached hydrogen (secondary N) is 4. The number of aromatic nitrogens is 3. The van der Waals surface area contributed by atoms with Gasteiger partial charge in [-0.2, -0.15) is 4.72 Å². The molecule has 10 nitrogen and oxygen atoms in total. The standard InChI is InChI=1S/C19H16N4O6S/c24-17-18(25)22-15-8-11(5-6-14(15)21-17)30(28,29)23-16(19(26)27)7-10-9-20-13-4-2-1-3-12(10)13/h1-6,8-9,16,20,23H,7H2,(H,21,24)(H,22,25)(H,26,27)/t16-/m0/s1. The fourth-order valence-corrected chi connectivity index (χ4v) is 4.43. The van der Waals surface area contributed by atoms with Crippen LogP contribution in [0, 0.1) is 0 Å². The smallest absolute Gasteiger partial charge is 0.322 e. The topological polar surface area (TPSA) is 165 Å². The molecule has 30 heavy (non-hydrogen) atoms. The summed E-state index contributed by atoms with van der Waals surface area (Å²) in [5.74, 6) is -1.33. The van der Waals surface area contributed by atoms with E-state index in [1.54, 1.807) is 12.3 Å². The van der Waals surface area contributed by atoms with Crippen molar-refractivity contribution in [2.45, 2.75) is 17.4 Å². The zero-order chi connectivity index (χ0) is 21.5. The molecule has 11 heteroatoms. The van der Waals surface area contributed by atoms with Crippen LogP contribution in [0.25, 0.3) is 21.9 Å². The lowest BCUT2D eigenvalue weighted by atomic mass is 10.1. The van der Waals surface area contributed by atoms with E-state index in [-0.39, 0.29) is 22.3 Å². The van der Waals surface area contributed by atoms with Crippen molar-refractivity contribution in [3.8, 4) is 0 Å². The molecule has 0 aliphatic rings. The summed E-state index contributed by atoms with van der Waals surface area (Å²) in [6, 6.07) is 9.55. The van der Waals surface area contributed by atoms with Crippen molar-refractivity contribution in [2.75, 3.05) is 0 Å². The Labute approximate surface area is 168 Å². The number of carboxylic acid groups (broad SMARTS) is 1. The Morgan fingerprint density at radius 2 is 1.70 bits per heavy atom. The van der Waals surface area contributed by atoms with Crippen LogP contribution in [0.1, 0.15) is 5.56 Å². The van der Waals surface area contributed by atoms with Gasteiger partial charge in [-0.15, -0.1) is 0 Å². The van der Waals surface area contributed by atoms with Crippen LogP contribution >= 0.6 is 0 Å². The summed E-state index contributed by atoms with van der Waals surface area (Å²) in [5, 5.41) is 10.4. The molecule has 0 fully saturated rings. The van der Waals surface area contributed by atoms with Gasteiger partial charge in [-0.05, 0) is 29.8 Å². The zero-order valence-corrected chi connectivity index (χ0v) is 16.1. The Morgan fingerprint density at radius 1 is 1.00 bits per heavy atom. The number of hydrogen-bond donors (Lipinski definition) is 5. The number of rotatable bonds is 6. The monoisotopic (exact) mass is 428 g/mol. The molecule has 1 atom stereocenters. The van der Waals surface area contributed by atoms with E-state index in [4.69, 9.17) is 0 Å². The van der Waals surface area contributed by atoms with Gasteiger partial charge in [-0.3, -0.25) is 14.4 Å². The fraction of sp³-hybridized carbons (Fsp3) is 0.105. The molecule has 2 heterocycles. The minimum Gasteiger partial charge on any atom is -0.480 e. The van der Waals surface area contributed by atoms with Crippen LogP contribution in [-0.2, 0) is 21.2 Å². The Hall–Kier alpha value is -3.70. The quantitative estimate of drug-likeness (QED) is 0.283. The number of aromatic amines is 3. The molecule has 0 aliphatic carbocycles. The maximum Gasteiger partial charge on any atom is 0.322 e. The predicted molar refractivity (Wildman–Crippen MR) is 109 cm³/mol.